The van der Waals surface area contributed by atoms with Gasteiger partial charge in [-0.3, -0.25) is 19.4 Å². The zero-order chi connectivity index (χ0) is 44.5. The van der Waals surface area contributed by atoms with Gasteiger partial charge in [-0.05, 0) is 79.6 Å². The van der Waals surface area contributed by atoms with Crippen molar-refractivity contribution in [1.29, 1.82) is 0 Å². The molecule has 0 bridgehead atoms. The van der Waals surface area contributed by atoms with Crippen molar-refractivity contribution in [3.63, 3.8) is 0 Å². The Morgan fingerprint density at radius 1 is 0.933 bits per heavy atom. The van der Waals surface area contributed by atoms with E-state index in [2.05, 4.69) is 119 Å². The van der Waals surface area contributed by atoms with Gasteiger partial charge in [0.25, 0.3) is 11.8 Å². The number of anilines is 1. The molecule has 60 heavy (non-hydrogen) atoms. The van der Waals surface area contributed by atoms with Crippen LogP contribution in [0.25, 0.3) is 0 Å². The topological polar surface area (TPSA) is 127 Å². The van der Waals surface area contributed by atoms with E-state index in [0.717, 1.165) is 25.0 Å². The van der Waals surface area contributed by atoms with Gasteiger partial charge in [0.2, 0.25) is 5.91 Å². The molecule has 3 amide bonds. The fraction of sp³-hybridized carbons (Fsp3) is 0.562. The van der Waals surface area contributed by atoms with E-state index in [9.17, 15) is 19.2 Å². The Labute approximate surface area is 360 Å². The van der Waals surface area contributed by atoms with Crippen LogP contribution in [0.1, 0.15) is 131 Å². The third kappa shape index (κ3) is 11.7. The molecule has 1 N–H and O–H groups in total. The van der Waals surface area contributed by atoms with Crippen LogP contribution in [0, 0.1) is 6.92 Å². The maximum absolute atomic E-state index is 12.9. The van der Waals surface area contributed by atoms with Crippen LogP contribution in [-0.2, 0) is 43.7 Å². The molecule has 4 rings (SSSR count). The SMILES string of the molecule is Cc1ccccc1C(C)(C)C(/C=C/C=C1/N(C)c2ccccc2C1(C)C)=N/CCCCCC(=O)NCCO[Si](OC(C)(C)CC(=O)ON1C(=O)CCC1=O)(C(C)C)C(C)C. The molecule has 2 aliphatic heterocycles. The number of nitrogens with zero attached hydrogens (tertiary/aromatic N) is 3. The number of carbonyl (C=O) groups is 4. The van der Waals surface area contributed by atoms with Gasteiger partial charge in [0.05, 0.1) is 18.6 Å². The summed E-state index contributed by atoms with van der Waals surface area (Å²) in [4.78, 5) is 62.1. The predicted octanol–water partition coefficient (Wildman–Crippen LogP) is 9.33. The van der Waals surface area contributed by atoms with Gasteiger partial charge < -0.3 is 23.9 Å². The summed E-state index contributed by atoms with van der Waals surface area (Å²) in [6.45, 7) is 24.2. The second-order valence-corrected chi connectivity index (χ2v) is 22.7. The molecule has 12 heteroatoms. The van der Waals surface area contributed by atoms with Crippen molar-refractivity contribution in [2.75, 3.05) is 31.6 Å². The average molecular weight is 843 g/mol. The quantitative estimate of drug-likeness (QED) is 0.0571. The fourth-order valence-corrected chi connectivity index (χ4v) is 12.4. The second-order valence-electron chi connectivity index (χ2n) is 18.4. The molecule has 2 aromatic carbocycles. The van der Waals surface area contributed by atoms with Gasteiger partial charge in [0.1, 0.15) is 0 Å². The zero-order valence-electron chi connectivity index (χ0n) is 38.3. The Hall–Kier alpha value is -4.39. The van der Waals surface area contributed by atoms with Crippen LogP contribution in [0.15, 0.2) is 77.4 Å². The molecule has 0 atom stereocenters. The second kappa shape index (κ2) is 20.4. The van der Waals surface area contributed by atoms with E-state index in [0.29, 0.717) is 24.6 Å². The summed E-state index contributed by atoms with van der Waals surface area (Å²) in [7, 11) is -0.818. The largest absolute Gasteiger partial charge is 0.392 e. The molecule has 2 aromatic rings. The molecule has 2 heterocycles. The first kappa shape index (κ1) is 48.3. The Balaban J connectivity index is 1.29. The molecule has 2 aliphatic rings. The number of aliphatic imine (C=N–C) groups is 1. The van der Waals surface area contributed by atoms with E-state index in [-0.39, 0.29) is 53.7 Å². The van der Waals surface area contributed by atoms with Crippen LogP contribution in [0.5, 0.6) is 0 Å². The van der Waals surface area contributed by atoms with Gasteiger partial charge in [-0.15, -0.1) is 5.06 Å². The Bertz CT molecular complexity index is 1920. The normalized spacial score (nSPS) is 16.8. The van der Waals surface area contributed by atoms with Crippen LogP contribution in [0.2, 0.25) is 11.1 Å². The zero-order valence-corrected chi connectivity index (χ0v) is 39.3. The third-order valence-corrected chi connectivity index (χ3v) is 16.6. The van der Waals surface area contributed by atoms with Crippen LogP contribution in [0.4, 0.5) is 5.69 Å². The summed E-state index contributed by atoms with van der Waals surface area (Å²) in [5.41, 5.74) is 5.96. The van der Waals surface area contributed by atoms with Gasteiger partial charge in [-0.1, -0.05) is 110 Å². The lowest BCUT2D eigenvalue weighted by Crippen LogP contribution is -2.54. The van der Waals surface area contributed by atoms with Crippen molar-refractivity contribution in [3.05, 3.63) is 89.1 Å². The van der Waals surface area contributed by atoms with E-state index in [1.807, 2.05) is 27.7 Å². The molecule has 11 nitrogen and oxygen atoms in total. The van der Waals surface area contributed by atoms with Crippen molar-refractivity contribution in [2.45, 2.75) is 149 Å². The van der Waals surface area contributed by atoms with Gasteiger partial charge in [0.15, 0.2) is 0 Å². The number of hydrogen-bond acceptors (Lipinski definition) is 9. The highest BCUT2D eigenvalue weighted by Crippen LogP contribution is 2.46. The molecule has 0 unspecified atom stereocenters. The highest BCUT2D eigenvalue weighted by atomic mass is 28.4. The number of nitrogens with one attached hydrogen (secondary N) is 1. The molecule has 0 saturated carbocycles. The Morgan fingerprint density at radius 2 is 1.57 bits per heavy atom. The molecular weight excluding hydrogens is 773 g/mol. The van der Waals surface area contributed by atoms with Crippen LogP contribution in [0.3, 0.4) is 0 Å². The van der Waals surface area contributed by atoms with E-state index < -0.39 is 31.9 Å². The maximum atomic E-state index is 12.9. The first-order chi connectivity index (χ1) is 28.1. The van der Waals surface area contributed by atoms with Gasteiger partial charge in [-0.25, -0.2) is 4.79 Å². The van der Waals surface area contributed by atoms with Crippen molar-refractivity contribution >= 4 is 43.7 Å². The lowest BCUT2D eigenvalue weighted by Gasteiger charge is -2.43. The highest BCUT2D eigenvalue weighted by molar-refractivity contribution is 6.70. The molecule has 0 radical (unpaired) electrons. The van der Waals surface area contributed by atoms with E-state index >= 15 is 0 Å². The first-order valence-corrected chi connectivity index (χ1v) is 23.6. The minimum Gasteiger partial charge on any atom is -0.392 e. The number of amides is 3. The van der Waals surface area contributed by atoms with Crippen molar-refractivity contribution in [2.24, 2.45) is 4.99 Å². The molecule has 0 aromatic heterocycles. The number of carbonyl (C=O) groups excluding carboxylic acids is 4. The molecule has 1 fully saturated rings. The van der Waals surface area contributed by atoms with E-state index in [1.54, 1.807) is 13.8 Å². The lowest BCUT2D eigenvalue weighted by molar-refractivity contribution is -0.199. The number of hydrogen-bond donors (Lipinski definition) is 1. The average Bonchev–Trinajstić information content (AvgIpc) is 3.58. The standard InChI is InChI=1S/C48H70N4O7Si/c1-34(2)60(35(3)4,59-46(6,7)33-45(56)58-52-43(54)28-29-44(52)55)57-32-31-50-42(53)27-14-13-19-30-49-40(47(8,9)37-22-16-15-21-36(37)5)25-20-26-41-48(10,11)38-23-17-18-24-39(38)51(41)12/h15-18,20-26,34-35H,13-14,19,27-33H2,1-12H3,(H,50,53)/b25-20+,41-26+,49-40+. The van der Waals surface area contributed by atoms with Crippen LogP contribution >= 0.6 is 0 Å². The number of rotatable bonds is 21. The summed E-state index contributed by atoms with van der Waals surface area (Å²) in [6, 6.07) is 17.1. The monoisotopic (exact) mass is 843 g/mol. The van der Waals surface area contributed by atoms with Crippen molar-refractivity contribution in [1.82, 2.24) is 10.4 Å². The Morgan fingerprint density at radius 3 is 2.20 bits per heavy atom. The first-order valence-electron chi connectivity index (χ1n) is 21.6. The van der Waals surface area contributed by atoms with Gasteiger partial charge in [0, 0.05) is 67.3 Å². The van der Waals surface area contributed by atoms with E-state index in [1.165, 1.54) is 28.1 Å². The molecule has 1 saturated heterocycles. The minimum atomic E-state index is -2.95. The Kier molecular flexibility index (Phi) is 16.5. The number of aryl methyl sites for hydroxylation is 1. The number of hydroxylamine groups is 2. The number of fused-ring (bicyclic) bond motifs is 1. The third-order valence-electron chi connectivity index (χ3n) is 11.8. The maximum Gasteiger partial charge on any atom is 0.343 e. The summed E-state index contributed by atoms with van der Waals surface area (Å²) < 4.78 is 13.2. The summed E-state index contributed by atoms with van der Waals surface area (Å²) >= 11 is 0. The van der Waals surface area contributed by atoms with E-state index in [4.69, 9.17) is 18.7 Å². The molecular formula is C48H70N4O7Si. The number of allylic oxidation sites excluding steroid dienone is 4. The van der Waals surface area contributed by atoms with Gasteiger partial charge >= 0.3 is 14.5 Å². The molecule has 328 valence electrons. The minimum absolute atomic E-state index is 0.0298. The summed E-state index contributed by atoms with van der Waals surface area (Å²) in [5, 5.41) is 3.56. The number of imide groups is 1. The lowest BCUT2D eigenvalue weighted by atomic mass is 9.77. The van der Waals surface area contributed by atoms with Crippen LogP contribution in [-0.4, -0.2) is 75.4 Å². The van der Waals surface area contributed by atoms with Crippen molar-refractivity contribution < 1.29 is 32.9 Å². The number of unbranched alkanes of at least 4 members (excludes halogenated alkanes) is 2. The molecule has 0 aliphatic carbocycles. The van der Waals surface area contributed by atoms with Gasteiger partial charge in [-0.2, -0.15) is 0 Å². The molecule has 0 spiro atoms. The fourth-order valence-electron chi connectivity index (χ4n) is 8.54. The summed E-state index contributed by atoms with van der Waals surface area (Å²) in [5.74, 6) is -1.80. The van der Waals surface area contributed by atoms with Crippen molar-refractivity contribution in [3.8, 4) is 0 Å². The summed E-state index contributed by atoms with van der Waals surface area (Å²) in [6.07, 6.45) is 9.33. The number of likely N-dealkylation sites (N-methyl/N-ethyl adjacent to an activating group) is 1. The predicted molar refractivity (Wildman–Crippen MR) is 242 cm³/mol. The smallest absolute Gasteiger partial charge is 0.343 e. The van der Waals surface area contributed by atoms with Crippen LogP contribution < -0.4 is 10.2 Å². The highest BCUT2D eigenvalue weighted by Gasteiger charge is 2.49. The number of para-hydroxylation sites is 1. The number of benzene rings is 2.